The molecule has 0 amide bonds. The Hall–Kier alpha value is -3.20. The second-order valence-corrected chi connectivity index (χ2v) is 11.7. The van der Waals surface area contributed by atoms with Gasteiger partial charge in [0.15, 0.2) is 0 Å². The molecule has 10 heteroatoms. The van der Waals surface area contributed by atoms with E-state index in [4.69, 9.17) is 37.0 Å². The maximum atomic E-state index is 11.3. The summed E-state index contributed by atoms with van der Waals surface area (Å²) in [4.78, 5) is 15.9. The van der Waals surface area contributed by atoms with Gasteiger partial charge >= 0.3 is 5.97 Å². The normalized spacial score (nSPS) is 23.6. The maximum Gasteiger partial charge on any atom is 0.335 e. The fraction of sp³-hybridized carbons (Fsp3) is 0.357. The SMILES string of the molecule is O=C(O)c1cccc(-c2noc(C34CC(COCc5c(-c6c(Cl)cccc6Cl)noc5C5CC5)(C3)C4)n2)c1. The van der Waals surface area contributed by atoms with E-state index in [1.807, 2.05) is 6.07 Å². The van der Waals surface area contributed by atoms with Crippen molar-refractivity contribution >= 4 is 29.2 Å². The van der Waals surface area contributed by atoms with E-state index in [0.717, 1.165) is 43.4 Å². The van der Waals surface area contributed by atoms with E-state index in [1.165, 1.54) is 6.07 Å². The summed E-state index contributed by atoms with van der Waals surface area (Å²) in [5.41, 5.74) is 3.04. The lowest BCUT2D eigenvalue weighted by molar-refractivity contribution is -0.193. The van der Waals surface area contributed by atoms with Crippen molar-refractivity contribution in [3.63, 3.8) is 0 Å². The second-order valence-electron chi connectivity index (χ2n) is 10.9. The fourth-order valence-electron chi connectivity index (χ4n) is 6.14. The van der Waals surface area contributed by atoms with Crippen LogP contribution in [0.5, 0.6) is 0 Å². The number of benzene rings is 2. The zero-order valence-corrected chi connectivity index (χ0v) is 21.8. The average molecular weight is 552 g/mol. The van der Waals surface area contributed by atoms with Crippen molar-refractivity contribution in [3.8, 4) is 22.6 Å². The molecule has 8 rings (SSSR count). The molecule has 0 saturated heterocycles. The van der Waals surface area contributed by atoms with Gasteiger partial charge in [-0.15, -0.1) is 0 Å². The highest BCUT2D eigenvalue weighted by molar-refractivity contribution is 6.39. The van der Waals surface area contributed by atoms with Crippen LogP contribution >= 0.6 is 23.2 Å². The Balaban J connectivity index is 1.02. The van der Waals surface area contributed by atoms with Crippen molar-refractivity contribution in [2.45, 2.75) is 50.0 Å². The summed E-state index contributed by atoms with van der Waals surface area (Å²) in [6.07, 6.45) is 4.91. The molecule has 4 saturated carbocycles. The number of nitrogens with zero attached hydrogens (tertiary/aromatic N) is 3. The van der Waals surface area contributed by atoms with Crippen molar-refractivity contribution in [2.75, 3.05) is 6.61 Å². The van der Waals surface area contributed by atoms with Crippen molar-refractivity contribution < 1.29 is 23.7 Å². The third-order valence-corrected chi connectivity index (χ3v) is 8.64. The first-order valence-corrected chi connectivity index (χ1v) is 13.3. The second kappa shape index (κ2) is 8.66. The number of halogens is 2. The summed E-state index contributed by atoms with van der Waals surface area (Å²) in [6, 6.07) is 12.0. The van der Waals surface area contributed by atoms with E-state index < -0.39 is 5.97 Å². The number of rotatable bonds is 9. The standard InChI is InChI=1S/C28H23Cl2N3O5/c29-19-5-2-6-20(30)21(19)22-18(23(37-32-22)15-7-8-15)10-36-14-27-11-28(12-27,13-27)26-31-24(33-38-26)16-3-1-4-17(9-16)25(34)35/h1-6,9,15H,7-8,10-14H2,(H,34,35). The summed E-state index contributed by atoms with van der Waals surface area (Å²) >= 11 is 12.9. The van der Waals surface area contributed by atoms with E-state index >= 15 is 0 Å². The first-order chi connectivity index (χ1) is 18.4. The van der Waals surface area contributed by atoms with E-state index in [0.29, 0.717) is 57.7 Å². The minimum atomic E-state index is -0.991. The number of carboxylic acid groups (broad SMARTS) is 1. The predicted octanol–water partition coefficient (Wildman–Crippen LogP) is 6.91. The fourth-order valence-corrected chi connectivity index (χ4v) is 6.72. The molecule has 0 radical (unpaired) electrons. The molecule has 2 heterocycles. The van der Waals surface area contributed by atoms with Crippen LogP contribution in [0.25, 0.3) is 22.6 Å². The predicted molar refractivity (Wildman–Crippen MR) is 138 cm³/mol. The molecule has 38 heavy (non-hydrogen) atoms. The van der Waals surface area contributed by atoms with E-state index in [1.54, 1.807) is 30.3 Å². The number of ether oxygens (including phenoxy) is 1. The average Bonchev–Trinajstić information content (AvgIpc) is 3.43. The lowest BCUT2D eigenvalue weighted by Gasteiger charge is -2.68. The number of hydrogen-bond acceptors (Lipinski definition) is 7. The number of carbonyl (C=O) groups is 1. The van der Waals surface area contributed by atoms with Crippen molar-refractivity contribution in [1.29, 1.82) is 0 Å². The van der Waals surface area contributed by atoms with E-state index in [9.17, 15) is 9.90 Å². The summed E-state index contributed by atoms with van der Waals surface area (Å²) in [6.45, 7) is 0.993. The van der Waals surface area contributed by atoms with Gasteiger partial charge in [0.25, 0.3) is 0 Å². The molecule has 0 unspecified atom stereocenters. The molecule has 0 aliphatic heterocycles. The van der Waals surface area contributed by atoms with Gasteiger partial charge in [0.2, 0.25) is 11.7 Å². The smallest absolute Gasteiger partial charge is 0.335 e. The highest BCUT2D eigenvalue weighted by atomic mass is 35.5. The topological polar surface area (TPSA) is 111 Å². The number of aromatic nitrogens is 3. The Morgan fingerprint density at radius 3 is 2.50 bits per heavy atom. The van der Waals surface area contributed by atoms with Crippen LogP contribution in [0.1, 0.15) is 65.6 Å². The van der Waals surface area contributed by atoms with Gasteiger partial charge in [0, 0.05) is 22.6 Å². The van der Waals surface area contributed by atoms with Gasteiger partial charge in [0.1, 0.15) is 11.5 Å². The monoisotopic (exact) mass is 551 g/mol. The van der Waals surface area contributed by atoms with Gasteiger partial charge in [-0.3, -0.25) is 0 Å². The summed E-state index contributed by atoms with van der Waals surface area (Å²) in [5.74, 6) is 1.27. The maximum absolute atomic E-state index is 11.3. The summed E-state index contributed by atoms with van der Waals surface area (Å²) in [7, 11) is 0. The molecule has 2 aromatic heterocycles. The number of hydrogen-bond donors (Lipinski definition) is 1. The van der Waals surface area contributed by atoms with Crippen molar-refractivity contribution in [2.24, 2.45) is 5.41 Å². The molecule has 4 fully saturated rings. The van der Waals surface area contributed by atoms with Gasteiger partial charge < -0.3 is 18.9 Å². The Labute approximate surface area is 227 Å². The molecule has 2 aromatic carbocycles. The van der Waals surface area contributed by atoms with Crippen LogP contribution in [-0.4, -0.2) is 33.0 Å². The summed E-state index contributed by atoms with van der Waals surface area (Å²) < 4.78 is 17.6. The van der Waals surface area contributed by atoms with Crippen LogP contribution in [0.2, 0.25) is 10.0 Å². The quantitative estimate of drug-likeness (QED) is 0.238. The lowest BCUT2D eigenvalue weighted by Crippen LogP contribution is -2.66. The molecule has 0 spiro atoms. The third-order valence-electron chi connectivity index (χ3n) is 8.01. The van der Waals surface area contributed by atoms with E-state index in [-0.39, 0.29) is 16.4 Å². The minimum absolute atomic E-state index is 0.0942. The van der Waals surface area contributed by atoms with Crippen LogP contribution in [-0.2, 0) is 16.8 Å². The van der Waals surface area contributed by atoms with Crippen molar-refractivity contribution in [1.82, 2.24) is 15.3 Å². The van der Waals surface area contributed by atoms with Gasteiger partial charge in [-0.05, 0) is 61.8 Å². The van der Waals surface area contributed by atoms with Gasteiger partial charge in [-0.2, -0.15) is 4.98 Å². The van der Waals surface area contributed by atoms with Crippen LogP contribution in [0, 0.1) is 5.41 Å². The molecule has 1 N–H and O–H groups in total. The molecule has 8 nitrogen and oxygen atoms in total. The molecular weight excluding hydrogens is 529 g/mol. The molecule has 0 atom stereocenters. The third kappa shape index (κ3) is 3.85. The molecule has 4 aliphatic carbocycles. The minimum Gasteiger partial charge on any atom is -0.478 e. The van der Waals surface area contributed by atoms with Crippen LogP contribution in [0.15, 0.2) is 51.5 Å². The van der Waals surface area contributed by atoms with Gasteiger partial charge in [-0.25, -0.2) is 4.79 Å². The van der Waals surface area contributed by atoms with Crippen molar-refractivity contribution in [3.05, 3.63) is 75.3 Å². The highest BCUT2D eigenvalue weighted by Crippen LogP contribution is 2.73. The first-order valence-electron chi connectivity index (χ1n) is 12.5. The van der Waals surface area contributed by atoms with E-state index in [2.05, 4.69) is 15.3 Å². The Bertz CT molecular complexity index is 1530. The number of carboxylic acids is 1. The summed E-state index contributed by atoms with van der Waals surface area (Å²) in [5, 5.41) is 18.8. The molecular formula is C28H23Cl2N3O5. The zero-order valence-electron chi connectivity index (χ0n) is 20.2. The Kier molecular flexibility index (Phi) is 5.44. The van der Waals surface area contributed by atoms with Crippen LogP contribution < -0.4 is 0 Å². The Morgan fingerprint density at radius 1 is 1.05 bits per heavy atom. The van der Waals surface area contributed by atoms with Crippen LogP contribution in [0.4, 0.5) is 0 Å². The lowest BCUT2D eigenvalue weighted by atomic mass is 9.35. The molecule has 2 bridgehead atoms. The zero-order chi connectivity index (χ0) is 26.1. The van der Waals surface area contributed by atoms with Crippen LogP contribution in [0.3, 0.4) is 0 Å². The highest BCUT2D eigenvalue weighted by Gasteiger charge is 2.71. The molecule has 194 valence electrons. The van der Waals surface area contributed by atoms with Gasteiger partial charge in [0.05, 0.1) is 34.2 Å². The Morgan fingerprint density at radius 2 is 1.79 bits per heavy atom. The first kappa shape index (κ1) is 23.9. The van der Waals surface area contributed by atoms with Gasteiger partial charge in [-0.1, -0.05) is 51.7 Å². The largest absolute Gasteiger partial charge is 0.478 e. The number of aromatic carboxylic acids is 1. The molecule has 4 aliphatic rings. The molecule has 4 aromatic rings.